The van der Waals surface area contributed by atoms with E-state index in [-0.39, 0.29) is 10.8 Å². The molecule has 0 saturated carbocycles. The molecule has 1 amide bonds. The molecule has 1 aliphatic rings. The van der Waals surface area contributed by atoms with E-state index in [4.69, 9.17) is 9.88 Å². The lowest BCUT2D eigenvalue weighted by Crippen LogP contribution is -2.21. The summed E-state index contributed by atoms with van der Waals surface area (Å²) in [5.41, 5.74) is 2.34. The molecule has 26 heavy (non-hydrogen) atoms. The number of hydrogen-bond acceptors (Lipinski definition) is 5. The van der Waals surface area contributed by atoms with Gasteiger partial charge in [0.2, 0.25) is 10.0 Å². The molecule has 1 aliphatic heterocycles. The van der Waals surface area contributed by atoms with E-state index >= 15 is 0 Å². The molecule has 0 unspecified atom stereocenters. The molecule has 7 nitrogen and oxygen atoms in total. The summed E-state index contributed by atoms with van der Waals surface area (Å²) in [7, 11) is -2.20. The monoisotopic (exact) mass is 371 g/mol. The number of primary sulfonamides is 1. The second kappa shape index (κ2) is 6.74. The van der Waals surface area contributed by atoms with Crippen LogP contribution in [-0.4, -0.2) is 27.1 Å². The second-order valence-corrected chi connectivity index (χ2v) is 7.23. The fourth-order valence-electron chi connectivity index (χ4n) is 2.50. The number of nitrogens with two attached hydrogens (primary N) is 1. The number of methoxy groups -OCH3 is 1. The highest BCUT2D eigenvalue weighted by atomic mass is 32.2. The van der Waals surface area contributed by atoms with Gasteiger partial charge in [0.15, 0.2) is 0 Å². The summed E-state index contributed by atoms with van der Waals surface area (Å²) in [6.07, 6.45) is 1.75. The molecular weight excluding hydrogens is 354 g/mol. The van der Waals surface area contributed by atoms with Crippen molar-refractivity contribution in [2.45, 2.75) is 11.8 Å². The molecule has 3 rings (SSSR count). The number of benzene rings is 2. The van der Waals surface area contributed by atoms with Crippen molar-refractivity contribution in [2.75, 3.05) is 12.1 Å². The number of ether oxygens (including phenoxy) is 1. The Morgan fingerprint density at radius 2 is 1.69 bits per heavy atom. The third kappa shape index (κ3) is 3.51. The van der Waals surface area contributed by atoms with Crippen LogP contribution < -0.4 is 14.9 Å². The van der Waals surface area contributed by atoms with Crippen LogP contribution in [0.25, 0.3) is 6.08 Å². The van der Waals surface area contributed by atoms with Gasteiger partial charge in [0, 0.05) is 0 Å². The van der Waals surface area contributed by atoms with E-state index in [1.807, 2.05) is 24.3 Å². The predicted molar refractivity (Wildman–Crippen MR) is 99.4 cm³/mol. The Morgan fingerprint density at radius 1 is 1.08 bits per heavy atom. The van der Waals surface area contributed by atoms with E-state index in [9.17, 15) is 13.2 Å². The number of rotatable bonds is 4. The Bertz CT molecular complexity index is 1010. The van der Waals surface area contributed by atoms with Crippen molar-refractivity contribution in [1.82, 2.24) is 0 Å². The van der Waals surface area contributed by atoms with E-state index < -0.39 is 10.0 Å². The fraction of sp³-hybridized carbons (Fsp3) is 0.111. The molecule has 0 saturated heterocycles. The second-order valence-electron chi connectivity index (χ2n) is 5.67. The number of carbonyl (C=O) groups excluding carboxylic acids is 1. The predicted octanol–water partition coefficient (Wildman–Crippen LogP) is 2.15. The molecule has 0 aromatic heterocycles. The van der Waals surface area contributed by atoms with Gasteiger partial charge in [0.1, 0.15) is 5.75 Å². The molecule has 2 N–H and O–H groups in total. The molecule has 0 spiro atoms. The van der Waals surface area contributed by atoms with E-state index in [0.29, 0.717) is 17.0 Å². The molecule has 2 aromatic carbocycles. The van der Waals surface area contributed by atoms with Crippen LogP contribution in [0, 0.1) is 0 Å². The topological polar surface area (TPSA) is 102 Å². The number of hydrogen-bond donors (Lipinski definition) is 1. The Balaban J connectivity index is 1.88. The Labute approximate surface area is 151 Å². The quantitative estimate of drug-likeness (QED) is 0.832. The van der Waals surface area contributed by atoms with Crippen molar-refractivity contribution in [1.29, 1.82) is 0 Å². The van der Waals surface area contributed by atoms with Crippen LogP contribution in [0.15, 0.2) is 64.1 Å². The van der Waals surface area contributed by atoms with Crippen LogP contribution in [0.4, 0.5) is 5.69 Å². The van der Waals surface area contributed by atoms with Crippen molar-refractivity contribution in [3.8, 4) is 5.75 Å². The van der Waals surface area contributed by atoms with Gasteiger partial charge >= 0.3 is 0 Å². The number of amides is 1. The number of nitrogens with zero attached hydrogens (tertiary/aromatic N) is 2. The van der Waals surface area contributed by atoms with Crippen LogP contribution >= 0.6 is 0 Å². The zero-order valence-corrected chi connectivity index (χ0v) is 15.0. The van der Waals surface area contributed by atoms with Crippen LogP contribution in [-0.2, 0) is 14.8 Å². The molecular formula is C18H17N3O4S. The summed E-state index contributed by atoms with van der Waals surface area (Å²) in [5.74, 6) is 0.438. The summed E-state index contributed by atoms with van der Waals surface area (Å²) in [6, 6.07) is 13.0. The Kier molecular flexibility index (Phi) is 4.62. The maximum absolute atomic E-state index is 12.7. The molecule has 0 aliphatic carbocycles. The number of hydrazone groups is 1. The first kappa shape index (κ1) is 17.8. The van der Waals surface area contributed by atoms with Crippen LogP contribution in [0.2, 0.25) is 0 Å². The highest BCUT2D eigenvalue weighted by Crippen LogP contribution is 2.26. The highest BCUT2D eigenvalue weighted by Gasteiger charge is 2.28. The van der Waals surface area contributed by atoms with E-state index in [1.54, 1.807) is 20.1 Å². The number of carbonyl (C=O) groups is 1. The van der Waals surface area contributed by atoms with Crippen molar-refractivity contribution in [3.63, 3.8) is 0 Å². The van der Waals surface area contributed by atoms with E-state index in [0.717, 1.165) is 11.3 Å². The lowest BCUT2D eigenvalue weighted by molar-refractivity contribution is -0.114. The maximum Gasteiger partial charge on any atom is 0.280 e. The van der Waals surface area contributed by atoms with Gasteiger partial charge in [0.25, 0.3) is 5.91 Å². The zero-order valence-electron chi connectivity index (χ0n) is 14.2. The Hall–Kier alpha value is -2.97. The fourth-order valence-corrected chi connectivity index (χ4v) is 3.02. The van der Waals surface area contributed by atoms with Crippen LogP contribution in [0.5, 0.6) is 5.75 Å². The zero-order chi connectivity index (χ0) is 18.9. The molecule has 2 aromatic rings. The van der Waals surface area contributed by atoms with Gasteiger partial charge in [-0.3, -0.25) is 4.79 Å². The maximum atomic E-state index is 12.7. The molecule has 1 heterocycles. The summed E-state index contributed by atoms with van der Waals surface area (Å²) in [6.45, 7) is 1.74. The van der Waals surface area contributed by atoms with E-state index in [2.05, 4.69) is 5.10 Å². The van der Waals surface area contributed by atoms with Crippen molar-refractivity contribution in [3.05, 3.63) is 59.7 Å². The molecule has 134 valence electrons. The Morgan fingerprint density at radius 3 is 2.23 bits per heavy atom. The SMILES string of the molecule is COc1ccc(/C=C2\C(=O)N(c3ccc(S(N)(=O)=O)cc3)N=C2C)cc1. The third-order valence-electron chi connectivity index (χ3n) is 3.90. The van der Waals surface area contributed by atoms with Gasteiger partial charge < -0.3 is 4.74 Å². The standard InChI is InChI=1S/C18H17N3O4S/c1-12-17(11-13-3-7-15(25-2)8-4-13)18(22)21(20-12)14-5-9-16(10-6-14)26(19,23)24/h3-11H,1-2H3,(H2,19,23,24)/b17-11-. The summed E-state index contributed by atoms with van der Waals surface area (Å²) >= 11 is 0. The molecule has 0 atom stereocenters. The lowest BCUT2D eigenvalue weighted by atomic mass is 10.1. The first-order valence-corrected chi connectivity index (χ1v) is 9.23. The van der Waals surface area contributed by atoms with Gasteiger partial charge in [0.05, 0.1) is 29.0 Å². The normalized spacial score (nSPS) is 16.1. The average Bonchev–Trinajstić information content (AvgIpc) is 2.90. The number of anilines is 1. The van der Waals surface area contributed by atoms with Gasteiger partial charge in [-0.25, -0.2) is 13.6 Å². The minimum atomic E-state index is -3.79. The van der Waals surface area contributed by atoms with Crippen LogP contribution in [0.3, 0.4) is 0 Å². The van der Waals surface area contributed by atoms with Crippen LogP contribution in [0.1, 0.15) is 12.5 Å². The molecule has 0 fully saturated rings. The molecule has 0 bridgehead atoms. The smallest absolute Gasteiger partial charge is 0.280 e. The first-order valence-electron chi connectivity index (χ1n) is 7.68. The highest BCUT2D eigenvalue weighted by molar-refractivity contribution is 7.89. The minimum absolute atomic E-state index is 0.0254. The third-order valence-corrected chi connectivity index (χ3v) is 4.83. The van der Waals surface area contributed by atoms with Crippen molar-refractivity contribution >= 4 is 33.4 Å². The van der Waals surface area contributed by atoms with Gasteiger partial charge in [-0.1, -0.05) is 12.1 Å². The largest absolute Gasteiger partial charge is 0.497 e. The van der Waals surface area contributed by atoms with E-state index in [1.165, 1.54) is 29.3 Å². The average molecular weight is 371 g/mol. The minimum Gasteiger partial charge on any atom is -0.497 e. The van der Waals surface area contributed by atoms with Gasteiger partial charge in [-0.2, -0.15) is 10.1 Å². The summed E-state index contributed by atoms with van der Waals surface area (Å²) in [4.78, 5) is 12.7. The van der Waals surface area contributed by atoms with Crippen molar-refractivity contribution < 1.29 is 17.9 Å². The number of sulfonamides is 1. The molecule has 8 heteroatoms. The van der Waals surface area contributed by atoms with Gasteiger partial charge in [-0.15, -0.1) is 0 Å². The summed E-state index contributed by atoms with van der Waals surface area (Å²) < 4.78 is 27.8. The first-order chi connectivity index (χ1) is 12.3. The van der Waals surface area contributed by atoms with Crippen molar-refractivity contribution in [2.24, 2.45) is 10.2 Å². The molecule has 0 radical (unpaired) electrons. The van der Waals surface area contributed by atoms with Gasteiger partial charge in [-0.05, 0) is 55.0 Å². The lowest BCUT2D eigenvalue weighted by Gasteiger charge is -2.12. The summed E-state index contributed by atoms with van der Waals surface area (Å²) in [5, 5.41) is 10.6.